The Balaban J connectivity index is 1.94. The molecule has 1 aliphatic carbocycles. The maximum absolute atomic E-state index is 12.7. The van der Waals surface area contributed by atoms with Crippen molar-refractivity contribution in [3.63, 3.8) is 0 Å². The van der Waals surface area contributed by atoms with Crippen molar-refractivity contribution in [2.75, 3.05) is 26.2 Å². The third-order valence-corrected chi connectivity index (χ3v) is 3.87. The number of carbonyl (C=O) groups is 1. The SMILES string of the molecule is CC(C1CC1)N(CC(F)(F)F)C(=O)CC1CNCCO1. The number of morpholine rings is 1. The molecule has 2 aliphatic rings. The molecule has 0 aromatic carbocycles. The van der Waals surface area contributed by atoms with E-state index in [4.69, 9.17) is 4.74 Å². The quantitative estimate of drug-likeness (QED) is 0.836. The van der Waals surface area contributed by atoms with E-state index in [0.29, 0.717) is 13.2 Å². The number of nitrogens with zero attached hydrogens (tertiary/aromatic N) is 1. The fourth-order valence-corrected chi connectivity index (χ4v) is 2.55. The van der Waals surface area contributed by atoms with Crippen LogP contribution in [0.5, 0.6) is 0 Å². The first-order valence-electron chi connectivity index (χ1n) is 7.05. The van der Waals surface area contributed by atoms with Crippen LogP contribution in [0.3, 0.4) is 0 Å². The van der Waals surface area contributed by atoms with Crippen LogP contribution < -0.4 is 5.32 Å². The van der Waals surface area contributed by atoms with Gasteiger partial charge in [0.25, 0.3) is 0 Å². The summed E-state index contributed by atoms with van der Waals surface area (Å²) in [5.41, 5.74) is 0. The van der Waals surface area contributed by atoms with Crippen LogP contribution in [-0.4, -0.2) is 55.4 Å². The van der Waals surface area contributed by atoms with Crippen LogP contribution in [0.25, 0.3) is 0 Å². The Labute approximate surface area is 116 Å². The van der Waals surface area contributed by atoms with Crippen molar-refractivity contribution in [3.05, 3.63) is 0 Å². The number of halogens is 3. The van der Waals surface area contributed by atoms with Gasteiger partial charge in [-0.2, -0.15) is 13.2 Å². The van der Waals surface area contributed by atoms with E-state index in [2.05, 4.69) is 5.32 Å². The van der Waals surface area contributed by atoms with E-state index in [0.717, 1.165) is 24.3 Å². The Hall–Kier alpha value is -0.820. The molecule has 1 heterocycles. The van der Waals surface area contributed by atoms with Gasteiger partial charge in [0.1, 0.15) is 6.54 Å². The predicted molar refractivity (Wildman–Crippen MR) is 67.2 cm³/mol. The van der Waals surface area contributed by atoms with Crippen LogP contribution in [0.15, 0.2) is 0 Å². The van der Waals surface area contributed by atoms with Crippen LogP contribution >= 0.6 is 0 Å². The van der Waals surface area contributed by atoms with Gasteiger partial charge in [-0.1, -0.05) is 0 Å². The minimum atomic E-state index is -4.36. The average Bonchev–Trinajstić information content (AvgIpc) is 3.19. The van der Waals surface area contributed by atoms with Crippen molar-refractivity contribution in [2.24, 2.45) is 5.92 Å². The van der Waals surface area contributed by atoms with Crippen molar-refractivity contribution in [2.45, 2.75) is 44.5 Å². The van der Waals surface area contributed by atoms with Crippen molar-refractivity contribution in [1.29, 1.82) is 0 Å². The highest BCUT2D eigenvalue weighted by Crippen LogP contribution is 2.36. The summed E-state index contributed by atoms with van der Waals surface area (Å²) in [4.78, 5) is 13.2. The molecule has 0 aromatic heterocycles. The van der Waals surface area contributed by atoms with Gasteiger partial charge in [-0.3, -0.25) is 4.79 Å². The van der Waals surface area contributed by atoms with Crippen LogP contribution in [0.4, 0.5) is 13.2 Å². The number of ether oxygens (including phenoxy) is 1. The maximum atomic E-state index is 12.7. The first kappa shape index (κ1) is 15.6. The molecule has 1 amide bonds. The van der Waals surface area contributed by atoms with Crippen LogP contribution in [0, 0.1) is 5.92 Å². The zero-order valence-electron chi connectivity index (χ0n) is 11.6. The third kappa shape index (κ3) is 4.63. The second-order valence-electron chi connectivity index (χ2n) is 5.62. The van der Waals surface area contributed by atoms with Crippen molar-refractivity contribution in [3.8, 4) is 0 Å². The minimum Gasteiger partial charge on any atom is -0.375 e. The van der Waals surface area contributed by atoms with Gasteiger partial charge in [0, 0.05) is 19.1 Å². The number of amides is 1. The highest BCUT2D eigenvalue weighted by molar-refractivity contribution is 5.77. The molecule has 20 heavy (non-hydrogen) atoms. The topological polar surface area (TPSA) is 41.6 Å². The van der Waals surface area contributed by atoms with Crippen LogP contribution in [0.1, 0.15) is 26.2 Å². The van der Waals surface area contributed by atoms with Gasteiger partial charge in [0.2, 0.25) is 5.91 Å². The molecule has 1 saturated heterocycles. The second-order valence-corrected chi connectivity index (χ2v) is 5.62. The standard InChI is InChI=1S/C13H21F3N2O2/c1-9(10-2-3-10)18(8-13(14,15)16)12(19)6-11-7-17-4-5-20-11/h9-11,17H,2-8H2,1H3. The molecule has 1 aliphatic heterocycles. The van der Waals surface area contributed by atoms with Crippen molar-refractivity contribution < 1.29 is 22.7 Å². The fourth-order valence-electron chi connectivity index (χ4n) is 2.55. The molecule has 4 nitrogen and oxygen atoms in total. The first-order chi connectivity index (χ1) is 9.37. The molecule has 2 unspecified atom stereocenters. The van der Waals surface area contributed by atoms with Crippen LogP contribution in [-0.2, 0) is 9.53 Å². The van der Waals surface area contributed by atoms with Crippen molar-refractivity contribution in [1.82, 2.24) is 10.2 Å². The van der Waals surface area contributed by atoms with Crippen molar-refractivity contribution >= 4 is 5.91 Å². The largest absolute Gasteiger partial charge is 0.406 e. The lowest BCUT2D eigenvalue weighted by atomic mass is 10.1. The minimum absolute atomic E-state index is 0.0140. The lowest BCUT2D eigenvalue weighted by Crippen LogP contribution is -2.48. The van der Waals surface area contributed by atoms with Gasteiger partial charge in [-0.05, 0) is 25.7 Å². The zero-order valence-corrected chi connectivity index (χ0v) is 11.6. The van der Waals surface area contributed by atoms with Gasteiger partial charge in [-0.15, -0.1) is 0 Å². The molecule has 116 valence electrons. The van der Waals surface area contributed by atoms with Gasteiger partial charge in [-0.25, -0.2) is 0 Å². The van der Waals surface area contributed by atoms with E-state index in [1.165, 1.54) is 0 Å². The number of alkyl halides is 3. The van der Waals surface area contributed by atoms with Gasteiger partial charge < -0.3 is 15.0 Å². The summed E-state index contributed by atoms with van der Waals surface area (Å²) in [5, 5.41) is 3.07. The summed E-state index contributed by atoms with van der Waals surface area (Å²) in [6, 6.07) is -0.347. The molecule has 1 N–H and O–H groups in total. The second kappa shape index (κ2) is 6.30. The summed E-state index contributed by atoms with van der Waals surface area (Å²) in [7, 11) is 0. The Bertz CT molecular complexity index is 339. The lowest BCUT2D eigenvalue weighted by molar-refractivity contribution is -0.167. The normalized spacial score (nSPS) is 25.3. The van der Waals surface area contributed by atoms with E-state index in [1.54, 1.807) is 6.92 Å². The number of hydrogen-bond acceptors (Lipinski definition) is 3. The first-order valence-corrected chi connectivity index (χ1v) is 7.05. The summed E-state index contributed by atoms with van der Waals surface area (Å²) < 4.78 is 43.3. The summed E-state index contributed by atoms with van der Waals surface area (Å²) in [6.07, 6.45) is -2.85. The molecule has 2 fully saturated rings. The van der Waals surface area contributed by atoms with E-state index in [1.807, 2.05) is 0 Å². The highest BCUT2D eigenvalue weighted by atomic mass is 19.4. The molecule has 0 radical (unpaired) electrons. The number of rotatable bonds is 5. The van der Waals surface area contributed by atoms with Gasteiger partial charge in [0.05, 0.1) is 19.1 Å². The molecular weight excluding hydrogens is 273 g/mol. The maximum Gasteiger partial charge on any atom is 0.406 e. The van der Waals surface area contributed by atoms with E-state index in [-0.39, 0.29) is 24.5 Å². The van der Waals surface area contributed by atoms with Gasteiger partial charge in [0.15, 0.2) is 0 Å². The Morgan fingerprint density at radius 3 is 2.65 bits per heavy atom. The molecule has 0 bridgehead atoms. The third-order valence-electron chi connectivity index (χ3n) is 3.87. The summed E-state index contributed by atoms with van der Waals surface area (Å²) in [6.45, 7) is 2.28. The van der Waals surface area contributed by atoms with E-state index in [9.17, 15) is 18.0 Å². The monoisotopic (exact) mass is 294 g/mol. The Morgan fingerprint density at radius 1 is 1.45 bits per heavy atom. The average molecular weight is 294 g/mol. The molecule has 2 rings (SSSR count). The van der Waals surface area contributed by atoms with E-state index >= 15 is 0 Å². The molecule has 7 heteroatoms. The fraction of sp³-hybridized carbons (Fsp3) is 0.923. The Morgan fingerprint density at radius 2 is 2.15 bits per heavy atom. The summed E-state index contributed by atoms with van der Waals surface area (Å²) in [5.74, 6) is -0.248. The van der Waals surface area contributed by atoms with Crippen LogP contribution in [0.2, 0.25) is 0 Å². The predicted octanol–water partition coefficient (Wildman–Crippen LogP) is 1.55. The molecular formula is C13H21F3N2O2. The Kier molecular flexibility index (Phi) is 4.90. The van der Waals surface area contributed by atoms with Gasteiger partial charge >= 0.3 is 6.18 Å². The zero-order chi connectivity index (χ0) is 14.8. The van der Waals surface area contributed by atoms with E-state index < -0.39 is 18.6 Å². The molecule has 0 spiro atoms. The molecule has 1 saturated carbocycles. The summed E-state index contributed by atoms with van der Waals surface area (Å²) >= 11 is 0. The molecule has 0 aromatic rings. The highest BCUT2D eigenvalue weighted by Gasteiger charge is 2.40. The molecule has 2 atom stereocenters. The lowest BCUT2D eigenvalue weighted by Gasteiger charge is -2.32. The number of carbonyl (C=O) groups excluding carboxylic acids is 1. The number of hydrogen-bond donors (Lipinski definition) is 1. The number of nitrogens with one attached hydrogen (secondary N) is 1. The smallest absolute Gasteiger partial charge is 0.375 e.